The van der Waals surface area contributed by atoms with Crippen LogP contribution in [0.2, 0.25) is 0 Å². The molecule has 2 aromatic rings. The summed E-state index contributed by atoms with van der Waals surface area (Å²) in [4.78, 5) is 25.5. The molecule has 1 heterocycles. The number of hydrogen-bond donors (Lipinski definition) is 1. The predicted octanol–water partition coefficient (Wildman–Crippen LogP) is 3.44. The van der Waals surface area contributed by atoms with Gasteiger partial charge in [0, 0.05) is 23.9 Å². The van der Waals surface area contributed by atoms with Gasteiger partial charge in [0.05, 0.1) is 20.0 Å². The molecule has 3 rings (SSSR count). The van der Waals surface area contributed by atoms with E-state index in [-0.39, 0.29) is 17.2 Å². The van der Waals surface area contributed by atoms with Crippen LogP contribution in [-0.4, -0.2) is 31.8 Å². The molecule has 1 saturated heterocycles. The van der Waals surface area contributed by atoms with Crippen LogP contribution in [0, 0.1) is 0 Å². The Morgan fingerprint density at radius 1 is 1.15 bits per heavy atom. The molecule has 1 N–H and O–H groups in total. The van der Waals surface area contributed by atoms with Crippen LogP contribution in [0.25, 0.3) is 0 Å². The third-order valence-corrected chi connectivity index (χ3v) is 5.23. The number of rotatable bonds is 5. The molecule has 1 fully saturated rings. The minimum Gasteiger partial charge on any atom is -0.497 e. The standard InChI is InChI=1S/C19H20N2O4S/c1-12(22)20-13-4-6-14(7-5-13)21-18(23)11-26-19(21)16-10-15(24-2)8-9-17(16)25-3/h4-10,19H,11H2,1-3H3,(H,20,22). The summed E-state index contributed by atoms with van der Waals surface area (Å²) in [6.07, 6.45) is 0. The number of methoxy groups -OCH3 is 2. The molecule has 2 amide bonds. The van der Waals surface area contributed by atoms with E-state index in [1.54, 1.807) is 43.0 Å². The summed E-state index contributed by atoms with van der Waals surface area (Å²) in [6.45, 7) is 1.46. The fraction of sp³-hybridized carbons (Fsp3) is 0.263. The van der Waals surface area contributed by atoms with Crippen LogP contribution in [0.15, 0.2) is 42.5 Å². The van der Waals surface area contributed by atoms with E-state index in [0.717, 1.165) is 11.3 Å². The SMILES string of the molecule is COc1ccc(OC)c(C2SCC(=O)N2c2ccc(NC(C)=O)cc2)c1. The van der Waals surface area contributed by atoms with Crippen LogP contribution >= 0.6 is 11.8 Å². The van der Waals surface area contributed by atoms with Crippen molar-refractivity contribution in [2.24, 2.45) is 0 Å². The lowest BCUT2D eigenvalue weighted by atomic mass is 10.1. The Hall–Kier alpha value is -2.67. The van der Waals surface area contributed by atoms with E-state index in [4.69, 9.17) is 9.47 Å². The van der Waals surface area contributed by atoms with Gasteiger partial charge in [-0.1, -0.05) is 0 Å². The van der Waals surface area contributed by atoms with Crippen molar-refractivity contribution in [1.82, 2.24) is 0 Å². The molecule has 6 nitrogen and oxygen atoms in total. The second kappa shape index (κ2) is 7.70. The zero-order valence-corrected chi connectivity index (χ0v) is 15.6. The average Bonchev–Trinajstić information content (AvgIpc) is 3.02. The molecule has 0 bridgehead atoms. The second-order valence-corrected chi connectivity index (χ2v) is 6.83. The van der Waals surface area contributed by atoms with Crippen LogP contribution in [0.5, 0.6) is 11.5 Å². The van der Waals surface area contributed by atoms with E-state index < -0.39 is 0 Å². The van der Waals surface area contributed by atoms with E-state index in [9.17, 15) is 9.59 Å². The number of nitrogens with one attached hydrogen (secondary N) is 1. The molecule has 1 unspecified atom stereocenters. The van der Waals surface area contributed by atoms with Gasteiger partial charge in [0.2, 0.25) is 11.8 Å². The topological polar surface area (TPSA) is 67.9 Å². The Morgan fingerprint density at radius 2 is 1.88 bits per heavy atom. The van der Waals surface area contributed by atoms with Crippen molar-refractivity contribution in [2.75, 3.05) is 30.2 Å². The second-order valence-electron chi connectivity index (χ2n) is 5.76. The highest BCUT2D eigenvalue weighted by molar-refractivity contribution is 8.00. The molecule has 1 aliphatic heterocycles. The van der Waals surface area contributed by atoms with E-state index >= 15 is 0 Å². The van der Waals surface area contributed by atoms with Crippen molar-refractivity contribution in [3.8, 4) is 11.5 Å². The number of carbonyl (C=O) groups excluding carboxylic acids is 2. The maximum Gasteiger partial charge on any atom is 0.238 e. The van der Waals surface area contributed by atoms with Crippen LogP contribution in [0.1, 0.15) is 17.9 Å². The van der Waals surface area contributed by atoms with Gasteiger partial charge in [0.15, 0.2) is 0 Å². The molecule has 2 aromatic carbocycles. The minimum absolute atomic E-state index is 0.0251. The molecule has 0 radical (unpaired) electrons. The van der Waals surface area contributed by atoms with Gasteiger partial charge in [-0.3, -0.25) is 14.5 Å². The van der Waals surface area contributed by atoms with Crippen molar-refractivity contribution in [3.05, 3.63) is 48.0 Å². The van der Waals surface area contributed by atoms with Gasteiger partial charge >= 0.3 is 0 Å². The van der Waals surface area contributed by atoms with E-state index in [0.29, 0.717) is 22.9 Å². The van der Waals surface area contributed by atoms with Crippen LogP contribution < -0.4 is 19.7 Å². The van der Waals surface area contributed by atoms with Gasteiger partial charge in [-0.2, -0.15) is 0 Å². The highest BCUT2D eigenvalue weighted by atomic mass is 32.2. The predicted molar refractivity (Wildman–Crippen MR) is 103 cm³/mol. The Bertz CT molecular complexity index is 823. The first-order valence-corrected chi connectivity index (χ1v) is 9.11. The molecule has 0 aromatic heterocycles. The lowest BCUT2D eigenvalue weighted by Crippen LogP contribution is -2.28. The monoisotopic (exact) mass is 372 g/mol. The largest absolute Gasteiger partial charge is 0.497 e. The first kappa shape index (κ1) is 18.1. The van der Waals surface area contributed by atoms with Crippen molar-refractivity contribution in [3.63, 3.8) is 0 Å². The fourth-order valence-electron chi connectivity index (χ4n) is 2.87. The minimum atomic E-state index is -0.209. The average molecular weight is 372 g/mol. The summed E-state index contributed by atoms with van der Waals surface area (Å²) in [5.41, 5.74) is 2.34. The molecule has 136 valence electrons. The summed E-state index contributed by atoms with van der Waals surface area (Å²) >= 11 is 1.54. The number of amides is 2. The summed E-state index contributed by atoms with van der Waals surface area (Å²) in [5.74, 6) is 1.69. The Balaban J connectivity index is 1.96. The number of anilines is 2. The smallest absolute Gasteiger partial charge is 0.238 e. The lowest BCUT2D eigenvalue weighted by Gasteiger charge is -2.26. The highest BCUT2D eigenvalue weighted by Crippen LogP contribution is 2.45. The Kier molecular flexibility index (Phi) is 5.37. The van der Waals surface area contributed by atoms with E-state index in [2.05, 4.69) is 5.32 Å². The molecular weight excluding hydrogens is 352 g/mol. The summed E-state index contributed by atoms with van der Waals surface area (Å²) in [7, 11) is 3.22. The van der Waals surface area contributed by atoms with Crippen LogP contribution in [-0.2, 0) is 9.59 Å². The zero-order chi connectivity index (χ0) is 18.7. The summed E-state index contributed by atoms with van der Waals surface area (Å²) < 4.78 is 10.8. The first-order valence-electron chi connectivity index (χ1n) is 8.06. The third kappa shape index (κ3) is 3.62. The Morgan fingerprint density at radius 3 is 2.50 bits per heavy atom. The van der Waals surface area contributed by atoms with Crippen molar-refractivity contribution >= 4 is 35.0 Å². The fourth-order valence-corrected chi connectivity index (χ4v) is 4.07. The summed E-state index contributed by atoms with van der Waals surface area (Å²) in [6, 6.07) is 12.8. The van der Waals surface area contributed by atoms with Crippen LogP contribution in [0.3, 0.4) is 0 Å². The molecule has 26 heavy (non-hydrogen) atoms. The number of carbonyl (C=O) groups is 2. The first-order chi connectivity index (χ1) is 12.5. The lowest BCUT2D eigenvalue weighted by molar-refractivity contribution is -0.116. The molecular formula is C19H20N2O4S. The number of hydrogen-bond acceptors (Lipinski definition) is 5. The number of thioether (sulfide) groups is 1. The van der Waals surface area contributed by atoms with Crippen molar-refractivity contribution < 1.29 is 19.1 Å². The highest BCUT2D eigenvalue weighted by Gasteiger charge is 2.36. The normalized spacial score (nSPS) is 16.5. The molecule has 0 saturated carbocycles. The quantitative estimate of drug-likeness (QED) is 0.871. The van der Waals surface area contributed by atoms with E-state index in [1.807, 2.05) is 30.3 Å². The van der Waals surface area contributed by atoms with Gasteiger partial charge < -0.3 is 14.8 Å². The Labute approximate surface area is 156 Å². The number of nitrogens with zero attached hydrogens (tertiary/aromatic N) is 1. The molecule has 7 heteroatoms. The molecule has 0 spiro atoms. The van der Waals surface area contributed by atoms with Gasteiger partial charge in [0.25, 0.3) is 0 Å². The number of ether oxygens (including phenoxy) is 2. The van der Waals surface area contributed by atoms with Crippen LogP contribution in [0.4, 0.5) is 11.4 Å². The van der Waals surface area contributed by atoms with Crippen molar-refractivity contribution in [2.45, 2.75) is 12.3 Å². The molecule has 1 aliphatic rings. The van der Waals surface area contributed by atoms with Crippen molar-refractivity contribution in [1.29, 1.82) is 0 Å². The van der Waals surface area contributed by atoms with Gasteiger partial charge in [0.1, 0.15) is 16.9 Å². The maximum atomic E-state index is 12.5. The molecule has 1 atom stereocenters. The van der Waals surface area contributed by atoms with Gasteiger partial charge in [-0.25, -0.2) is 0 Å². The zero-order valence-electron chi connectivity index (χ0n) is 14.8. The van der Waals surface area contributed by atoms with Gasteiger partial charge in [-0.15, -0.1) is 11.8 Å². The number of benzene rings is 2. The maximum absolute atomic E-state index is 12.5. The summed E-state index contributed by atoms with van der Waals surface area (Å²) in [5, 5.41) is 2.52. The van der Waals surface area contributed by atoms with Gasteiger partial charge in [-0.05, 0) is 42.5 Å². The molecule has 0 aliphatic carbocycles. The van der Waals surface area contributed by atoms with E-state index in [1.165, 1.54) is 6.92 Å². The third-order valence-electron chi connectivity index (χ3n) is 4.04.